The molecule has 17 heavy (non-hydrogen) atoms. The van der Waals surface area contributed by atoms with Crippen LogP contribution in [0.15, 0.2) is 23.1 Å². The first-order valence-corrected chi connectivity index (χ1v) is 6.97. The van der Waals surface area contributed by atoms with Crippen molar-refractivity contribution < 1.29 is 5.11 Å². The van der Waals surface area contributed by atoms with Crippen LogP contribution in [-0.2, 0) is 0 Å². The predicted octanol–water partition coefficient (Wildman–Crippen LogP) is 3.65. The molecule has 0 spiro atoms. The Morgan fingerprint density at radius 3 is 2.71 bits per heavy atom. The maximum atomic E-state index is 9.75. The van der Waals surface area contributed by atoms with E-state index in [0.717, 1.165) is 10.5 Å². The molecule has 1 fully saturated rings. The number of thioether (sulfide) groups is 1. The molecule has 1 unspecified atom stereocenters. The van der Waals surface area contributed by atoms with Gasteiger partial charge in [0.1, 0.15) is 0 Å². The summed E-state index contributed by atoms with van der Waals surface area (Å²) in [6.45, 7) is 1.78. The van der Waals surface area contributed by atoms with Gasteiger partial charge < -0.3 is 5.11 Å². The molecule has 0 saturated heterocycles. The summed E-state index contributed by atoms with van der Waals surface area (Å²) in [5.74, 6) is 0. The summed E-state index contributed by atoms with van der Waals surface area (Å²) < 4.78 is 0. The van der Waals surface area contributed by atoms with Gasteiger partial charge in [-0.05, 0) is 37.5 Å². The lowest BCUT2D eigenvalue weighted by atomic mass is 10.1. The van der Waals surface area contributed by atoms with Gasteiger partial charge in [0, 0.05) is 10.1 Å². The fourth-order valence-corrected chi connectivity index (χ4v) is 3.73. The zero-order valence-corrected chi connectivity index (χ0v) is 10.8. The van der Waals surface area contributed by atoms with Crippen LogP contribution in [0.3, 0.4) is 0 Å². The number of hydrogen-bond acceptors (Lipinski definition) is 3. The highest BCUT2D eigenvalue weighted by Gasteiger charge is 2.19. The van der Waals surface area contributed by atoms with E-state index in [-0.39, 0.29) is 0 Å². The molecule has 1 aromatic rings. The third-order valence-electron chi connectivity index (χ3n) is 3.19. The summed E-state index contributed by atoms with van der Waals surface area (Å²) in [5.41, 5.74) is 1.62. The number of benzene rings is 1. The molecule has 1 aliphatic carbocycles. The van der Waals surface area contributed by atoms with Gasteiger partial charge in [-0.1, -0.05) is 18.9 Å². The summed E-state index contributed by atoms with van der Waals surface area (Å²) >= 11 is 1.82. The first-order chi connectivity index (χ1) is 8.20. The molecule has 1 aliphatic rings. The second kappa shape index (κ2) is 5.57. The Balaban J connectivity index is 2.25. The van der Waals surface area contributed by atoms with Crippen molar-refractivity contribution in [1.82, 2.24) is 0 Å². The van der Waals surface area contributed by atoms with Crippen molar-refractivity contribution >= 4 is 11.8 Å². The summed E-state index contributed by atoms with van der Waals surface area (Å²) in [6, 6.07) is 7.73. The Kier molecular flexibility index (Phi) is 4.09. The summed E-state index contributed by atoms with van der Waals surface area (Å²) in [5, 5.41) is 19.3. The Bertz CT molecular complexity index is 430. The normalized spacial score (nSPS) is 17.9. The molecule has 90 valence electrons. The summed E-state index contributed by atoms with van der Waals surface area (Å²) in [7, 11) is 0. The minimum absolute atomic E-state index is 0.466. The van der Waals surface area contributed by atoms with Crippen LogP contribution in [0.4, 0.5) is 0 Å². The van der Waals surface area contributed by atoms with Crippen LogP contribution in [0.2, 0.25) is 0 Å². The molecular formula is C14H17NOS. The summed E-state index contributed by atoms with van der Waals surface area (Å²) in [4.78, 5) is 1.07. The quantitative estimate of drug-likeness (QED) is 0.886. The minimum atomic E-state index is -0.466. The Morgan fingerprint density at radius 1 is 1.41 bits per heavy atom. The minimum Gasteiger partial charge on any atom is -0.389 e. The fraction of sp³-hybridized carbons (Fsp3) is 0.500. The van der Waals surface area contributed by atoms with Gasteiger partial charge in [0.25, 0.3) is 0 Å². The van der Waals surface area contributed by atoms with Gasteiger partial charge >= 0.3 is 0 Å². The molecule has 0 heterocycles. The fourth-order valence-electron chi connectivity index (χ4n) is 2.24. The zero-order chi connectivity index (χ0) is 12.3. The highest BCUT2D eigenvalue weighted by molar-refractivity contribution is 8.00. The number of aliphatic hydroxyl groups is 1. The predicted molar refractivity (Wildman–Crippen MR) is 69.9 cm³/mol. The lowest BCUT2D eigenvalue weighted by Gasteiger charge is -2.15. The van der Waals surface area contributed by atoms with Crippen molar-refractivity contribution in [3.8, 4) is 6.07 Å². The highest BCUT2D eigenvalue weighted by atomic mass is 32.2. The lowest BCUT2D eigenvalue weighted by molar-refractivity contribution is 0.196. The number of nitrogens with zero attached hydrogens (tertiary/aromatic N) is 1. The first kappa shape index (κ1) is 12.5. The van der Waals surface area contributed by atoms with Crippen LogP contribution in [-0.4, -0.2) is 10.4 Å². The molecule has 1 N–H and O–H groups in total. The zero-order valence-electron chi connectivity index (χ0n) is 10.0. The molecule has 2 rings (SSSR count). The van der Waals surface area contributed by atoms with Crippen LogP contribution in [0.25, 0.3) is 0 Å². The number of hydrogen-bond donors (Lipinski definition) is 1. The van der Waals surface area contributed by atoms with Gasteiger partial charge in [-0.15, -0.1) is 11.8 Å². The van der Waals surface area contributed by atoms with Crippen molar-refractivity contribution in [3.05, 3.63) is 29.3 Å². The van der Waals surface area contributed by atoms with Crippen LogP contribution < -0.4 is 0 Å². The molecule has 0 amide bonds. The average molecular weight is 247 g/mol. The van der Waals surface area contributed by atoms with Crippen LogP contribution in [0.5, 0.6) is 0 Å². The van der Waals surface area contributed by atoms with Crippen LogP contribution in [0, 0.1) is 11.3 Å². The highest BCUT2D eigenvalue weighted by Crippen LogP contribution is 2.38. The monoisotopic (exact) mass is 247 g/mol. The second-order valence-corrected chi connectivity index (χ2v) is 5.91. The Hall–Kier alpha value is -0.980. The summed E-state index contributed by atoms with van der Waals surface area (Å²) in [6.07, 6.45) is 4.65. The van der Waals surface area contributed by atoms with Gasteiger partial charge in [0.15, 0.2) is 0 Å². The van der Waals surface area contributed by atoms with Crippen molar-refractivity contribution in [2.24, 2.45) is 0 Å². The van der Waals surface area contributed by atoms with Crippen molar-refractivity contribution in [3.63, 3.8) is 0 Å². The van der Waals surface area contributed by atoms with E-state index >= 15 is 0 Å². The lowest BCUT2D eigenvalue weighted by Crippen LogP contribution is -1.99. The van der Waals surface area contributed by atoms with Crippen molar-refractivity contribution in [2.75, 3.05) is 0 Å². The third-order valence-corrected chi connectivity index (χ3v) is 4.60. The SMILES string of the molecule is CC(O)c1ccc(C#N)cc1SC1CCCC1. The maximum absolute atomic E-state index is 9.75. The van der Waals surface area contributed by atoms with E-state index in [0.29, 0.717) is 10.8 Å². The average Bonchev–Trinajstić information content (AvgIpc) is 2.81. The molecule has 0 radical (unpaired) electrons. The van der Waals surface area contributed by atoms with Gasteiger partial charge in [0.05, 0.1) is 17.7 Å². The largest absolute Gasteiger partial charge is 0.389 e. The van der Waals surface area contributed by atoms with Crippen LogP contribution in [0.1, 0.15) is 49.8 Å². The van der Waals surface area contributed by atoms with Crippen molar-refractivity contribution in [2.45, 2.75) is 48.9 Å². The molecule has 0 aromatic heterocycles. The van der Waals surface area contributed by atoms with Crippen LogP contribution >= 0.6 is 11.8 Å². The Labute approximate surface area is 107 Å². The molecular weight excluding hydrogens is 230 g/mol. The van der Waals surface area contributed by atoms with E-state index in [9.17, 15) is 5.11 Å². The van der Waals surface area contributed by atoms with Crippen molar-refractivity contribution in [1.29, 1.82) is 5.26 Å². The van der Waals surface area contributed by atoms with Gasteiger partial charge in [-0.2, -0.15) is 5.26 Å². The molecule has 1 saturated carbocycles. The van der Waals surface area contributed by atoms with E-state index in [1.54, 1.807) is 13.0 Å². The smallest absolute Gasteiger partial charge is 0.0992 e. The molecule has 3 heteroatoms. The topological polar surface area (TPSA) is 44.0 Å². The number of rotatable bonds is 3. The molecule has 0 bridgehead atoms. The first-order valence-electron chi connectivity index (χ1n) is 6.09. The molecule has 1 aromatic carbocycles. The standard InChI is InChI=1S/C14H17NOS/c1-10(16)13-7-6-11(9-15)8-14(13)17-12-4-2-3-5-12/h6-8,10,12,16H,2-5H2,1H3. The number of aliphatic hydroxyl groups excluding tert-OH is 1. The third kappa shape index (κ3) is 3.02. The van der Waals surface area contributed by atoms with E-state index in [2.05, 4.69) is 6.07 Å². The second-order valence-electron chi connectivity index (χ2n) is 4.56. The number of nitriles is 1. The van der Waals surface area contributed by atoms with E-state index in [4.69, 9.17) is 5.26 Å². The molecule has 1 atom stereocenters. The van der Waals surface area contributed by atoms with E-state index in [1.165, 1.54) is 25.7 Å². The van der Waals surface area contributed by atoms with Gasteiger partial charge in [-0.25, -0.2) is 0 Å². The van der Waals surface area contributed by atoms with E-state index in [1.807, 2.05) is 23.9 Å². The maximum Gasteiger partial charge on any atom is 0.0992 e. The van der Waals surface area contributed by atoms with E-state index < -0.39 is 6.10 Å². The molecule has 0 aliphatic heterocycles. The Morgan fingerprint density at radius 2 is 2.12 bits per heavy atom. The van der Waals surface area contributed by atoms with Gasteiger partial charge in [-0.3, -0.25) is 0 Å². The van der Waals surface area contributed by atoms with Gasteiger partial charge in [0.2, 0.25) is 0 Å². The molecule has 2 nitrogen and oxygen atoms in total.